The molecule has 2 heterocycles. The number of benzene rings is 1. The van der Waals surface area contributed by atoms with Crippen molar-refractivity contribution < 1.29 is 9.32 Å². The smallest absolute Gasteiger partial charge is 0.239 e. The fraction of sp³-hybridized carbons (Fsp3) is 0.389. The molecule has 0 aliphatic rings. The number of aromatic nitrogens is 5. The number of nitrogens with one attached hydrogen (secondary N) is 1. The first-order chi connectivity index (χ1) is 12.7. The van der Waals surface area contributed by atoms with Crippen LogP contribution in [-0.4, -0.2) is 30.8 Å². The van der Waals surface area contributed by atoms with Crippen LogP contribution in [0.1, 0.15) is 51.6 Å². The van der Waals surface area contributed by atoms with Crippen LogP contribution in [0.2, 0.25) is 0 Å². The van der Waals surface area contributed by atoms with Crippen molar-refractivity contribution >= 4 is 23.4 Å². The first kappa shape index (κ1) is 19.1. The Kier molecular flexibility index (Phi) is 5.31. The molecule has 27 heavy (non-hydrogen) atoms. The second kappa shape index (κ2) is 7.51. The van der Waals surface area contributed by atoms with E-state index in [9.17, 15) is 4.79 Å². The quantitative estimate of drug-likeness (QED) is 0.667. The molecule has 1 amide bonds. The summed E-state index contributed by atoms with van der Waals surface area (Å²) in [7, 11) is 0. The van der Waals surface area contributed by atoms with Crippen molar-refractivity contribution in [2.75, 3.05) is 5.32 Å². The number of anilines is 1. The fourth-order valence-electron chi connectivity index (χ4n) is 2.33. The summed E-state index contributed by atoms with van der Waals surface area (Å²) in [4.78, 5) is 15.8. The zero-order valence-electron chi connectivity index (χ0n) is 15.9. The minimum atomic E-state index is -0.170. The van der Waals surface area contributed by atoms with E-state index in [-0.39, 0.29) is 16.6 Å². The monoisotopic (exact) mass is 386 g/mol. The summed E-state index contributed by atoms with van der Waals surface area (Å²) in [6, 6.07) is 7.49. The Balaban J connectivity index is 1.81. The topological polar surface area (TPSA) is 98.7 Å². The zero-order chi connectivity index (χ0) is 19.6. The Morgan fingerprint density at radius 1 is 1.33 bits per heavy atom. The largest absolute Gasteiger partial charge is 0.338 e. The van der Waals surface area contributed by atoms with Gasteiger partial charge in [0.1, 0.15) is 6.33 Å². The predicted octanol–water partition coefficient (Wildman–Crippen LogP) is 3.76. The van der Waals surface area contributed by atoms with Gasteiger partial charge in [0.2, 0.25) is 11.8 Å². The standard InChI is InChI=1S/C18H22N6O2S/c1-11(15-21-16(23-26-15)18(3,4)5)27-17-22-19-10-24(17)14-8-6-7-13(9-14)20-12(2)25/h6-11H,1-5H3,(H,20,25)/t11-/m0/s1. The normalized spacial score (nSPS) is 12.8. The summed E-state index contributed by atoms with van der Waals surface area (Å²) in [5.74, 6) is 1.10. The van der Waals surface area contributed by atoms with E-state index < -0.39 is 0 Å². The predicted molar refractivity (Wildman–Crippen MR) is 103 cm³/mol. The van der Waals surface area contributed by atoms with E-state index in [0.29, 0.717) is 22.6 Å². The zero-order valence-corrected chi connectivity index (χ0v) is 16.7. The maximum absolute atomic E-state index is 11.3. The highest BCUT2D eigenvalue weighted by molar-refractivity contribution is 7.99. The Morgan fingerprint density at radius 3 is 2.78 bits per heavy atom. The Hall–Kier alpha value is -2.68. The molecule has 0 spiro atoms. The van der Waals surface area contributed by atoms with Crippen molar-refractivity contribution in [2.24, 2.45) is 0 Å². The lowest BCUT2D eigenvalue weighted by atomic mass is 9.96. The molecule has 1 N–H and O–H groups in total. The summed E-state index contributed by atoms with van der Waals surface area (Å²) in [5, 5.41) is 15.7. The Bertz CT molecular complexity index is 943. The molecule has 0 unspecified atom stereocenters. The van der Waals surface area contributed by atoms with Crippen molar-refractivity contribution in [3.05, 3.63) is 42.3 Å². The summed E-state index contributed by atoms with van der Waals surface area (Å²) < 4.78 is 7.28. The number of amides is 1. The van der Waals surface area contributed by atoms with Gasteiger partial charge in [-0.25, -0.2) is 0 Å². The third kappa shape index (κ3) is 4.54. The van der Waals surface area contributed by atoms with Crippen LogP contribution in [0.5, 0.6) is 0 Å². The van der Waals surface area contributed by atoms with Crippen molar-refractivity contribution in [3.63, 3.8) is 0 Å². The lowest BCUT2D eigenvalue weighted by Crippen LogP contribution is -2.13. The average Bonchev–Trinajstić information content (AvgIpc) is 3.23. The van der Waals surface area contributed by atoms with E-state index >= 15 is 0 Å². The minimum Gasteiger partial charge on any atom is -0.338 e. The van der Waals surface area contributed by atoms with Crippen molar-refractivity contribution in [1.29, 1.82) is 0 Å². The van der Waals surface area contributed by atoms with Gasteiger partial charge in [-0.2, -0.15) is 4.98 Å². The number of thioether (sulfide) groups is 1. The van der Waals surface area contributed by atoms with E-state index in [0.717, 1.165) is 5.69 Å². The highest BCUT2D eigenvalue weighted by atomic mass is 32.2. The molecule has 0 aliphatic carbocycles. The van der Waals surface area contributed by atoms with Gasteiger partial charge in [0.15, 0.2) is 11.0 Å². The third-order valence-corrected chi connectivity index (χ3v) is 4.75. The molecule has 9 heteroatoms. The molecule has 0 radical (unpaired) electrons. The van der Waals surface area contributed by atoms with Gasteiger partial charge >= 0.3 is 0 Å². The number of rotatable bonds is 5. The van der Waals surface area contributed by atoms with Crippen molar-refractivity contribution in [1.82, 2.24) is 24.9 Å². The number of hydrogen-bond donors (Lipinski definition) is 1. The van der Waals surface area contributed by atoms with Crippen LogP contribution >= 0.6 is 11.8 Å². The first-order valence-corrected chi connectivity index (χ1v) is 9.41. The molecule has 0 saturated heterocycles. The first-order valence-electron chi connectivity index (χ1n) is 8.53. The molecule has 3 rings (SSSR count). The molecule has 3 aromatic rings. The molecule has 1 aromatic carbocycles. The minimum absolute atomic E-state index is 0.0879. The Labute approximate surface area is 161 Å². The van der Waals surface area contributed by atoms with Gasteiger partial charge < -0.3 is 9.84 Å². The molecule has 0 saturated carbocycles. The molecule has 1 atom stereocenters. The van der Waals surface area contributed by atoms with Crippen LogP contribution in [0.4, 0.5) is 5.69 Å². The molecule has 8 nitrogen and oxygen atoms in total. The number of carbonyl (C=O) groups is 1. The molecule has 0 aliphatic heterocycles. The fourth-order valence-corrected chi connectivity index (χ4v) is 3.21. The van der Waals surface area contributed by atoms with Gasteiger partial charge in [-0.15, -0.1) is 10.2 Å². The van der Waals surface area contributed by atoms with Gasteiger partial charge in [0, 0.05) is 18.0 Å². The van der Waals surface area contributed by atoms with Crippen LogP contribution in [0.15, 0.2) is 40.3 Å². The summed E-state index contributed by atoms with van der Waals surface area (Å²) >= 11 is 1.47. The summed E-state index contributed by atoms with van der Waals surface area (Å²) in [6.45, 7) is 9.58. The molecule has 2 aromatic heterocycles. The highest BCUT2D eigenvalue weighted by Crippen LogP contribution is 2.34. The SMILES string of the molecule is CC(=O)Nc1cccc(-n2cnnc2S[C@@H](C)c2nc(C(C)(C)C)no2)c1. The lowest BCUT2D eigenvalue weighted by molar-refractivity contribution is -0.114. The van der Waals surface area contributed by atoms with Gasteiger partial charge in [-0.3, -0.25) is 9.36 Å². The molecular formula is C18H22N6O2S. The van der Waals surface area contributed by atoms with Crippen molar-refractivity contribution in [3.8, 4) is 5.69 Å². The van der Waals surface area contributed by atoms with E-state index in [4.69, 9.17) is 4.52 Å². The number of carbonyl (C=O) groups excluding carboxylic acids is 1. The second-order valence-electron chi connectivity index (χ2n) is 7.18. The highest BCUT2D eigenvalue weighted by Gasteiger charge is 2.24. The van der Waals surface area contributed by atoms with Crippen LogP contribution < -0.4 is 5.32 Å². The van der Waals surface area contributed by atoms with Gasteiger partial charge in [0.05, 0.1) is 10.9 Å². The molecule has 0 bridgehead atoms. The summed E-state index contributed by atoms with van der Waals surface area (Å²) in [5.41, 5.74) is 1.39. The second-order valence-corrected chi connectivity index (χ2v) is 8.49. The Morgan fingerprint density at radius 2 is 2.11 bits per heavy atom. The molecule has 142 valence electrons. The van der Waals surface area contributed by atoms with E-state index in [2.05, 4.69) is 25.7 Å². The van der Waals surface area contributed by atoms with E-state index in [1.807, 2.05) is 56.5 Å². The van der Waals surface area contributed by atoms with Crippen LogP contribution in [-0.2, 0) is 10.2 Å². The maximum Gasteiger partial charge on any atom is 0.239 e. The van der Waals surface area contributed by atoms with Crippen molar-refractivity contribution in [2.45, 2.75) is 50.4 Å². The number of hydrogen-bond acceptors (Lipinski definition) is 7. The maximum atomic E-state index is 11.3. The van der Waals surface area contributed by atoms with Crippen LogP contribution in [0.25, 0.3) is 5.69 Å². The van der Waals surface area contributed by atoms with Crippen LogP contribution in [0, 0.1) is 0 Å². The van der Waals surface area contributed by atoms with E-state index in [1.165, 1.54) is 18.7 Å². The molecule has 0 fully saturated rings. The molecular weight excluding hydrogens is 364 g/mol. The summed E-state index contributed by atoms with van der Waals surface area (Å²) in [6.07, 6.45) is 1.64. The van der Waals surface area contributed by atoms with Gasteiger partial charge in [-0.1, -0.05) is 43.8 Å². The van der Waals surface area contributed by atoms with E-state index in [1.54, 1.807) is 6.33 Å². The third-order valence-electron chi connectivity index (χ3n) is 3.70. The average molecular weight is 386 g/mol. The van der Waals surface area contributed by atoms with Crippen LogP contribution in [0.3, 0.4) is 0 Å². The lowest BCUT2D eigenvalue weighted by Gasteiger charge is -2.11. The number of nitrogens with zero attached hydrogens (tertiary/aromatic N) is 5. The van der Waals surface area contributed by atoms with Gasteiger partial charge in [0.25, 0.3) is 0 Å². The van der Waals surface area contributed by atoms with Gasteiger partial charge in [-0.05, 0) is 25.1 Å².